The van der Waals surface area contributed by atoms with Crippen LogP contribution in [-0.2, 0) is 17.7 Å². The van der Waals surface area contributed by atoms with Gasteiger partial charge >= 0.3 is 0 Å². The van der Waals surface area contributed by atoms with Crippen molar-refractivity contribution in [1.29, 1.82) is 0 Å². The molecule has 0 aliphatic carbocycles. The maximum absolute atomic E-state index is 10.7. The number of ether oxygens (including phenoxy) is 1. The first kappa shape index (κ1) is 22.8. The molecule has 0 radical (unpaired) electrons. The molecule has 1 heterocycles. The zero-order chi connectivity index (χ0) is 18.6. The standard InChI is InChI=1S/C18H23N5O3.HI/c1-26-13-12-21-18(20-11-9-16-4-2-3-10-19-16)22-14-15-5-7-17(8-6-15)23(24)25;/h2-8,10H,9,11-14H2,1H3,(H2,20,21,22);1H. The van der Waals surface area contributed by atoms with Crippen LogP contribution >= 0.6 is 24.0 Å². The number of halogens is 1. The molecular formula is C18H24IN5O3. The third-order valence-corrected chi connectivity index (χ3v) is 3.57. The number of aliphatic imine (C=N–C) groups is 1. The smallest absolute Gasteiger partial charge is 0.269 e. The predicted molar refractivity (Wildman–Crippen MR) is 115 cm³/mol. The van der Waals surface area contributed by atoms with Crippen molar-refractivity contribution in [3.8, 4) is 0 Å². The van der Waals surface area contributed by atoms with Crippen molar-refractivity contribution in [3.05, 3.63) is 70.0 Å². The first-order chi connectivity index (χ1) is 12.7. The van der Waals surface area contributed by atoms with Gasteiger partial charge in [-0.3, -0.25) is 15.1 Å². The largest absolute Gasteiger partial charge is 0.383 e. The number of nitrogens with one attached hydrogen (secondary N) is 2. The van der Waals surface area contributed by atoms with E-state index in [0.29, 0.717) is 32.2 Å². The molecule has 27 heavy (non-hydrogen) atoms. The van der Waals surface area contributed by atoms with Crippen LogP contribution in [-0.4, -0.2) is 42.7 Å². The van der Waals surface area contributed by atoms with Gasteiger partial charge in [-0.25, -0.2) is 4.99 Å². The average molecular weight is 485 g/mol. The lowest BCUT2D eigenvalue weighted by molar-refractivity contribution is -0.384. The molecule has 9 heteroatoms. The van der Waals surface area contributed by atoms with E-state index in [1.807, 2.05) is 18.2 Å². The van der Waals surface area contributed by atoms with Gasteiger partial charge in [0, 0.05) is 50.6 Å². The Kier molecular flexibility index (Phi) is 10.9. The molecule has 1 aromatic heterocycles. The van der Waals surface area contributed by atoms with Gasteiger partial charge in [0.25, 0.3) is 5.69 Å². The summed E-state index contributed by atoms with van der Waals surface area (Å²) in [7, 11) is 1.64. The molecule has 1 aromatic carbocycles. The Morgan fingerprint density at radius 2 is 1.93 bits per heavy atom. The summed E-state index contributed by atoms with van der Waals surface area (Å²) >= 11 is 0. The number of hydrogen-bond donors (Lipinski definition) is 2. The van der Waals surface area contributed by atoms with Crippen molar-refractivity contribution in [2.24, 2.45) is 4.99 Å². The van der Waals surface area contributed by atoms with Crippen LogP contribution in [0.15, 0.2) is 53.7 Å². The number of nitrogens with zero attached hydrogens (tertiary/aromatic N) is 3. The quantitative estimate of drug-likeness (QED) is 0.141. The van der Waals surface area contributed by atoms with Crippen LogP contribution in [0.2, 0.25) is 0 Å². The molecule has 0 unspecified atom stereocenters. The Balaban J connectivity index is 0.00000364. The van der Waals surface area contributed by atoms with E-state index in [0.717, 1.165) is 17.7 Å². The summed E-state index contributed by atoms with van der Waals surface area (Å²) in [6, 6.07) is 12.2. The Bertz CT molecular complexity index is 711. The van der Waals surface area contributed by atoms with E-state index in [2.05, 4.69) is 20.6 Å². The van der Waals surface area contributed by atoms with Gasteiger partial charge < -0.3 is 15.4 Å². The van der Waals surface area contributed by atoms with Crippen LogP contribution in [0.5, 0.6) is 0 Å². The first-order valence-electron chi connectivity index (χ1n) is 8.33. The molecular weight excluding hydrogens is 461 g/mol. The fourth-order valence-electron chi connectivity index (χ4n) is 2.19. The van der Waals surface area contributed by atoms with E-state index in [1.165, 1.54) is 12.1 Å². The monoisotopic (exact) mass is 485 g/mol. The fourth-order valence-corrected chi connectivity index (χ4v) is 2.19. The number of aromatic nitrogens is 1. The van der Waals surface area contributed by atoms with Crippen LogP contribution in [0, 0.1) is 10.1 Å². The van der Waals surface area contributed by atoms with Gasteiger partial charge in [-0.05, 0) is 17.7 Å². The Hall–Kier alpha value is -2.27. The minimum Gasteiger partial charge on any atom is -0.383 e. The first-order valence-corrected chi connectivity index (χ1v) is 8.33. The molecule has 2 rings (SSSR count). The molecule has 0 aliphatic heterocycles. The second-order valence-corrected chi connectivity index (χ2v) is 5.51. The number of guanidine groups is 1. The van der Waals surface area contributed by atoms with Crippen molar-refractivity contribution in [2.75, 3.05) is 26.8 Å². The number of methoxy groups -OCH3 is 1. The van der Waals surface area contributed by atoms with Crippen molar-refractivity contribution in [2.45, 2.75) is 13.0 Å². The third-order valence-electron chi connectivity index (χ3n) is 3.57. The minimum atomic E-state index is -0.413. The normalized spacial score (nSPS) is 10.8. The molecule has 0 aliphatic rings. The van der Waals surface area contributed by atoms with Crippen LogP contribution in [0.3, 0.4) is 0 Å². The van der Waals surface area contributed by atoms with E-state index in [1.54, 1.807) is 25.4 Å². The van der Waals surface area contributed by atoms with Crippen molar-refractivity contribution in [3.63, 3.8) is 0 Å². The molecule has 0 amide bonds. The SMILES string of the molecule is COCCNC(=NCc1ccc([N+](=O)[O-])cc1)NCCc1ccccn1.I. The minimum absolute atomic E-state index is 0. The number of nitro benzene ring substituents is 1. The van der Waals surface area contributed by atoms with Gasteiger partial charge in [-0.2, -0.15) is 0 Å². The lowest BCUT2D eigenvalue weighted by Crippen LogP contribution is -2.40. The summed E-state index contributed by atoms with van der Waals surface area (Å²) < 4.78 is 5.05. The molecule has 0 atom stereocenters. The molecule has 8 nitrogen and oxygen atoms in total. The third kappa shape index (κ3) is 8.78. The molecule has 0 saturated heterocycles. The lowest BCUT2D eigenvalue weighted by Gasteiger charge is -2.12. The summed E-state index contributed by atoms with van der Waals surface area (Å²) in [6.45, 7) is 2.31. The summed E-state index contributed by atoms with van der Waals surface area (Å²) in [5.74, 6) is 0.663. The number of non-ortho nitro benzene ring substituents is 1. The molecule has 2 N–H and O–H groups in total. The maximum Gasteiger partial charge on any atom is 0.269 e. The Morgan fingerprint density at radius 1 is 1.19 bits per heavy atom. The van der Waals surface area contributed by atoms with Crippen molar-refractivity contribution < 1.29 is 9.66 Å². The number of hydrogen-bond acceptors (Lipinski definition) is 5. The summed E-state index contributed by atoms with van der Waals surface area (Å²) in [5, 5.41) is 17.2. The molecule has 0 bridgehead atoms. The van der Waals surface area contributed by atoms with Crippen LogP contribution in [0.25, 0.3) is 0 Å². The zero-order valence-electron chi connectivity index (χ0n) is 15.1. The summed E-state index contributed by atoms with van der Waals surface area (Å²) in [6.07, 6.45) is 2.55. The second-order valence-electron chi connectivity index (χ2n) is 5.51. The van der Waals surface area contributed by atoms with E-state index in [-0.39, 0.29) is 29.7 Å². The molecule has 0 spiro atoms. The van der Waals surface area contributed by atoms with Gasteiger partial charge in [0.1, 0.15) is 0 Å². The van der Waals surface area contributed by atoms with Gasteiger partial charge in [-0.15, -0.1) is 24.0 Å². The highest BCUT2D eigenvalue weighted by Gasteiger charge is 2.04. The fraction of sp³-hybridized carbons (Fsp3) is 0.333. The highest BCUT2D eigenvalue weighted by molar-refractivity contribution is 14.0. The van der Waals surface area contributed by atoms with Gasteiger partial charge in [0.15, 0.2) is 5.96 Å². The summed E-state index contributed by atoms with van der Waals surface area (Å²) in [5.41, 5.74) is 1.98. The molecule has 146 valence electrons. The van der Waals surface area contributed by atoms with Crippen molar-refractivity contribution in [1.82, 2.24) is 15.6 Å². The van der Waals surface area contributed by atoms with Gasteiger partial charge in [-0.1, -0.05) is 18.2 Å². The second kappa shape index (κ2) is 13.0. The highest BCUT2D eigenvalue weighted by atomic mass is 127. The molecule has 0 saturated carbocycles. The predicted octanol–water partition coefficient (Wildman–Crippen LogP) is 2.53. The number of benzene rings is 1. The number of rotatable bonds is 9. The molecule has 0 fully saturated rings. The topological polar surface area (TPSA) is 102 Å². The lowest BCUT2D eigenvalue weighted by atomic mass is 10.2. The van der Waals surface area contributed by atoms with Crippen molar-refractivity contribution >= 4 is 35.6 Å². The molecule has 2 aromatic rings. The van der Waals surface area contributed by atoms with Gasteiger partial charge in [0.2, 0.25) is 0 Å². The maximum atomic E-state index is 10.7. The number of pyridine rings is 1. The van der Waals surface area contributed by atoms with Gasteiger partial charge in [0.05, 0.1) is 18.1 Å². The zero-order valence-corrected chi connectivity index (χ0v) is 17.5. The number of nitro groups is 1. The highest BCUT2D eigenvalue weighted by Crippen LogP contribution is 2.12. The van der Waals surface area contributed by atoms with Crippen LogP contribution < -0.4 is 10.6 Å². The average Bonchev–Trinajstić information content (AvgIpc) is 2.67. The van der Waals surface area contributed by atoms with Crippen LogP contribution in [0.1, 0.15) is 11.3 Å². The Labute approximate surface area is 175 Å². The van der Waals surface area contributed by atoms with Crippen LogP contribution in [0.4, 0.5) is 5.69 Å². The van der Waals surface area contributed by atoms with E-state index >= 15 is 0 Å². The summed E-state index contributed by atoms with van der Waals surface area (Å²) in [4.78, 5) is 19.1. The van der Waals surface area contributed by atoms with E-state index < -0.39 is 4.92 Å². The van der Waals surface area contributed by atoms with E-state index in [9.17, 15) is 10.1 Å². The van der Waals surface area contributed by atoms with E-state index in [4.69, 9.17) is 4.74 Å². The Morgan fingerprint density at radius 3 is 2.56 bits per heavy atom.